The molecule has 0 bridgehead atoms. The Morgan fingerprint density at radius 3 is 1.39 bits per heavy atom. The van der Waals surface area contributed by atoms with Gasteiger partial charge in [0.2, 0.25) is 5.91 Å². The monoisotopic (exact) mass is 1020 g/mol. The highest BCUT2D eigenvalue weighted by Gasteiger charge is 2.53. The van der Waals surface area contributed by atoms with Crippen molar-refractivity contribution in [2.75, 3.05) is 26.4 Å². The maximum Gasteiger partial charge on any atom is 0.220 e. The molecule has 17 unspecified atom stereocenters. The number of aliphatic hydroxyl groups is 11. The van der Waals surface area contributed by atoms with Crippen LogP contribution in [0.25, 0.3) is 0 Å². The average Bonchev–Trinajstić information content (AvgIpc) is 3.36. The minimum Gasteiger partial charge on any atom is -0.394 e. The summed E-state index contributed by atoms with van der Waals surface area (Å²) in [4.78, 5) is 13.2. The van der Waals surface area contributed by atoms with Crippen molar-refractivity contribution in [3.8, 4) is 0 Å². The molecule has 0 aromatic rings. The predicted molar refractivity (Wildman–Crippen MR) is 263 cm³/mol. The van der Waals surface area contributed by atoms with E-state index in [4.69, 9.17) is 28.4 Å². The second-order valence-corrected chi connectivity index (χ2v) is 19.3. The lowest BCUT2D eigenvalue weighted by Crippen LogP contribution is -2.66. The summed E-state index contributed by atoms with van der Waals surface area (Å²) in [7, 11) is 0. The van der Waals surface area contributed by atoms with Gasteiger partial charge in [-0.05, 0) is 38.5 Å². The van der Waals surface area contributed by atoms with E-state index in [0.29, 0.717) is 12.8 Å². The van der Waals surface area contributed by atoms with E-state index in [9.17, 15) is 61.0 Å². The van der Waals surface area contributed by atoms with Crippen molar-refractivity contribution in [1.29, 1.82) is 0 Å². The lowest BCUT2D eigenvalue weighted by Gasteiger charge is -2.48. The Morgan fingerprint density at radius 1 is 0.507 bits per heavy atom. The van der Waals surface area contributed by atoms with Crippen molar-refractivity contribution in [2.45, 2.75) is 259 Å². The number of aliphatic hydroxyl groups excluding tert-OH is 11. The van der Waals surface area contributed by atoms with Crippen molar-refractivity contribution in [1.82, 2.24) is 5.32 Å². The van der Waals surface area contributed by atoms with Crippen LogP contribution in [0.15, 0.2) is 36.5 Å². The number of allylic oxidation sites excluding steroid dienone is 5. The summed E-state index contributed by atoms with van der Waals surface area (Å²) in [5.41, 5.74) is 0. The molecule has 3 fully saturated rings. The number of rotatable bonds is 37. The van der Waals surface area contributed by atoms with Crippen LogP contribution in [0.2, 0.25) is 0 Å². The quantitative estimate of drug-likeness (QED) is 0.0314. The van der Waals surface area contributed by atoms with Gasteiger partial charge < -0.3 is 89.9 Å². The molecule has 0 aromatic heterocycles. The van der Waals surface area contributed by atoms with Gasteiger partial charge in [-0.25, -0.2) is 0 Å². The fraction of sp³-hybridized carbons (Fsp3) is 0.865. The van der Waals surface area contributed by atoms with Crippen molar-refractivity contribution < 1.29 is 89.4 Å². The van der Waals surface area contributed by atoms with Crippen LogP contribution >= 0.6 is 0 Å². The van der Waals surface area contributed by atoms with Crippen LogP contribution in [-0.4, -0.2) is 193 Å². The molecule has 0 radical (unpaired) electrons. The zero-order valence-electron chi connectivity index (χ0n) is 42.4. The summed E-state index contributed by atoms with van der Waals surface area (Å²) in [6.07, 6.45) is 8.78. The Morgan fingerprint density at radius 2 is 0.915 bits per heavy atom. The number of carbonyl (C=O) groups is 1. The van der Waals surface area contributed by atoms with Crippen LogP contribution in [0.5, 0.6) is 0 Å². The first-order valence-electron chi connectivity index (χ1n) is 26.7. The summed E-state index contributed by atoms with van der Waals surface area (Å²) in [5, 5.41) is 120. The van der Waals surface area contributed by atoms with Gasteiger partial charge in [-0.15, -0.1) is 0 Å². The smallest absolute Gasteiger partial charge is 0.220 e. The second-order valence-electron chi connectivity index (χ2n) is 19.3. The highest BCUT2D eigenvalue weighted by molar-refractivity contribution is 5.76. The van der Waals surface area contributed by atoms with Gasteiger partial charge in [-0.2, -0.15) is 0 Å². The normalized spacial score (nSPS) is 32.5. The molecule has 0 spiro atoms. The second kappa shape index (κ2) is 36.9. The molecule has 1 amide bonds. The van der Waals surface area contributed by atoms with Crippen molar-refractivity contribution >= 4 is 5.91 Å². The molecule has 71 heavy (non-hydrogen) atoms. The third kappa shape index (κ3) is 22.4. The molecule has 17 atom stereocenters. The van der Waals surface area contributed by atoms with Gasteiger partial charge in [0.05, 0.1) is 38.6 Å². The number of carbonyl (C=O) groups excluding carboxylic acids is 1. The maximum atomic E-state index is 13.2. The van der Waals surface area contributed by atoms with Crippen LogP contribution in [0.3, 0.4) is 0 Å². The van der Waals surface area contributed by atoms with Gasteiger partial charge in [-0.3, -0.25) is 4.79 Å². The van der Waals surface area contributed by atoms with Gasteiger partial charge >= 0.3 is 0 Å². The third-order valence-electron chi connectivity index (χ3n) is 13.4. The molecule has 3 rings (SSSR count). The van der Waals surface area contributed by atoms with E-state index in [2.05, 4.69) is 43.5 Å². The average molecular weight is 1020 g/mol. The Labute approximate surface area is 421 Å². The van der Waals surface area contributed by atoms with Crippen molar-refractivity contribution in [3.63, 3.8) is 0 Å². The summed E-state index contributed by atoms with van der Waals surface area (Å²) < 4.78 is 34.1. The van der Waals surface area contributed by atoms with E-state index in [1.54, 1.807) is 6.08 Å². The fourth-order valence-electron chi connectivity index (χ4n) is 8.99. The lowest BCUT2D eigenvalue weighted by atomic mass is 9.96. The zero-order chi connectivity index (χ0) is 52.0. The summed E-state index contributed by atoms with van der Waals surface area (Å²) >= 11 is 0. The number of hydrogen-bond acceptors (Lipinski definition) is 18. The number of unbranched alkanes of at least 4 members (excludes halogenated alkanes) is 17. The first-order chi connectivity index (χ1) is 34.3. The van der Waals surface area contributed by atoms with Crippen LogP contribution < -0.4 is 5.32 Å². The number of amides is 1. The molecule has 12 N–H and O–H groups in total. The third-order valence-corrected chi connectivity index (χ3v) is 13.4. The molecule has 3 aliphatic heterocycles. The minimum atomic E-state index is -1.98. The first-order valence-corrected chi connectivity index (χ1v) is 26.7. The molecule has 0 aromatic carbocycles. The minimum absolute atomic E-state index is 0.234. The highest BCUT2D eigenvalue weighted by atomic mass is 16.8. The number of ether oxygens (including phenoxy) is 6. The van der Waals surface area contributed by atoms with E-state index in [1.165, 1.54) is 77.0 Å². The SMILES string of the molecule is CC/C=C/CC/C=C/CC/C=C/C(O)C(COC1OC(CO)C(OC2OC(CO)C(OC3OC(CO)C(O)C(O)C3O)C(O)C2O)C(O)C1O)NC(=O)CCCCCCCCCCCCCCCCCC. The van der Waals surface area contributed by atoms with Crippen LogP contribution in [-0.2, 0) is 33.2 Å². The van der Waals surface area contributed by atoms with E-state index >= 15 is 0 Å². The van der Waals surface area contributed by atoms with E-state index < -0.39 is 124 Å². The van der Waals surface area contributed by atoms with Gasteiger partial charge in [0.15, 0.2) is 18.9 Å². The molecule has 3 saturated heterocycles. The van der Waals surface area contributed by atoms with E-state index in [0.717, 1.165) is 44.9 Å². The number of hydrogen-bond donors (Lipinski definition) is 12. The van der Waals surface area contributed by atoms with Gasteiger partial charge in [-0.1, -0.05) is 147 Å². The van der Waals surface area contributed by atoms with Gasteiger partial charge in [0, 0.05) is 6.42 Å². The molecular weight excluding hydrogens is 927 g/mol. The Bertz CT molecular complexity index is 1450. The Kier molecular flexibility index (Phi) is 32.9. The topological polar surface area (TPSA) is 307 Å². The molecule has 0 aliphatic carbocycles. The molecule has 3 aliphatic rings. The van der Waals surface area contributed by atoms with Crippen LogP contribution in [0, 0.1) is 0 Å². The van der Waals surface area contributed by atoms with E-state index in [-0.39, 0.29) is 18.9 Å². The van der Waals surface area contributed by atoms with Crippen molar-refractivity contribution in [2.24, 2.45) is 0 Å². The largest absolute Gasteiger partial charge is 0.394 e. The standard InChI is InChI=1S/C52H93NO18/c1-3-5-7-9-11-13-15-16-17-18-19-20-22-24-26-28-30-40(58)53-35(36(57)29-27-25-23-21-14-12-10-8-6-4-2)34-66-50-46(64)43(61)48(38(32-55)68-50)71-52-47(65)44(62)49(39(33-56)69-52)70-51-45(63)42(60)41(59)37(31-54)67-51/h6,8,14,21,27,29,35-39,41-52,54-57,59-65H,3-5,7,9-13,15-20,22-26,28,30-34H2,1-2H3,(H,53,58)/b8-6+,21-14+,29-27+. The molecular formula is C52H93NO18. The molecule has 0 saturated carbocycles. The van der Waals surface area contributed by atoms with Crippen LogP contribution in [0.1, 0.15) is 155 Å². The summed E-state index contributed by atoms with van der Waals surface area (Å²) in [6, 6.07) is -0.990. The molecule has 19 nitrogen and oxygen atoms in total. The van der Waals surface area contributed by atoms with E-state index in [1.807, 2.05) is 6.08 Å². The Balaban J connectivity index is 1.54. The molecule has 414 valence electrons. The molecule has 19 heteroatoms. The van der Waals surface area contributed by atoms with Crippen LogP contribution in [0.4, 0.5) is 0 Å². The van der Waals surface area contributed by atoms with Gasteiger partial charge in [0.1, 0.15) is 73.2 Å². The predicted octanol–water partition coefficient (Wildman–Crippen LogP) is 2.59. The Hall–Kier alpha value is -1.99. The zero-order valence-corrected chi connectivity index (χ0v) is 42.4. The maximum absolute atomic E-state index is 13.2. The lowest BCUT2D eigenvalue weighted by molar-refractivity contribution is -0.379. The summed E-state index contributed by atoms with van der Waals surface area (Å²) in [5.74, 6) is -0.293. The van der Waals surface area contributed by atoms with Crippen molar-refractivity contribution in [3.05, 3.63) is 36.5 Å². The summed E-state index contributed by atoms with van der Waals surface area (Å²) in [6.45, 7) is 1.54. The number of nitrogens with one attached hydrogen (secondary N) is 1. The fourth-order valence-corrected chi connectivity index (χ4v) is 8.99. The highest BCUT2D eigenvalue weighted by Crippen LogP contribution is 2.33. The van der Waals surface area contributed by atoms with Gasteiger partial charge in [0.25, 0.3) is 0 Å². The first kappa shape index (κ1) is 63.3. The molecule has 3 heterocycles.